The van der Waals surface area contributed by atoms with Gasteiger partial charge < -0.3 is 14.5 Å². The second-order valence-electron chi connectivity index (χ2n) is 5.98. The predicted octanol–water partition coefficient (Wildman–Crippen LogP) is 4.64. The molecule has 0 saturated carbocycles. The van der Waals surface area contributed by atoms with E-state index in [4.69, 9.17) is 4.44 Å². The Labute approximate surface area is 141 Å². The van der Waals surface area contributed by atoms with Crippen molar-refractivity contribution in [1.82, 2.24) is 0 Å². The van der Waals surface area contributed by atoms with Gasteiger partial charge in [-0.05, 0) is 49.5 Å². The Hall–Kier alpha value is 0.725. The maximum Gasteiger partial charge on any atom is 0.637 e. The Balaban J connectivity index is 5.60. The van der Waals surface area contributed by atoms with Crippen LogP contribution in [0.3, 0.4) is 0 Å². The van der Waals surface area contributed by atoms with Gasteiger partial charge in [-0.25, -0.2) is 0 Å². The first-order valence-electron chi connectivity index (χ1n) is 9.16. The van der Waals surface area contributed by atoms with Gasteiger partial charge in [0.05, 0.1) is 0 Å². The molecule has 0 aliphatic carbocycles. The smallest absolute Gasteiger partial charge is 0.402 e. The van der Waals surface area contributed by atoms with Crippen LogP contribution >= 0.6 is 6.26 Å². The van der Waals surface area contributed by atoms with Gasteiger partial charge in [0, 0.05) is 6.26 Å². The molecule has 22 heavy (non-hydrogen) atoms. The maximum atomic E-state index is 9.55. The molecule has 2 N–H and O–H groups in total. The quantitative estimate of drug-likeness (QED) is 0.354. The fourth-order valence-electron chi connectivity index (χ4n) is 2.56. The highest BCUT2D eigenvalue weighted by Crippen LogP contribution is 2.54. The average molecular weight is 352 g/mol. The number of unbranched alkanes of at least 4 members (excludes halogenated alkanes) is 4. The van der Waals surface area contributed by atoms with E-state index in [0.717, 1.165) is 38.0 Å². The summed E-state index contributed by atoms with van der Waals surface area (Å²) in [7, 11) is -1.37. The summed E-state index contributed by atoms with van der Waals surface area (Å²) in [6, 6.07) is 0. The minimum absolute atomic E-state index is 0.225. The molecule has 6 heteroatoms. The summed E-state index contributed by atoms with van der Waals surface area (Å²) in [6.45, 7) is 8.89. The van der Waals surface area contributed by atoms with Crippen LogP contribution in [0.5, 0.6) is 0 Å². The molecule has 0 aromatic heterocycles. The molecular weight excluding hydrogens is 314 g/mol. The van der Waals surface area contributed by atoms with Crippen LogP contribution in [0.2, 0.25) is 0 Å². The molecule has 134 valence electrons. The minimum Gasteiger partial charge on any atom is -0.402 e. The third-order valence-corrected chi connectivity index (χ3v) is 14.2. The van der Waals surface area contributed by atoms with Gasteiger partial charge >= 0.3 is 7.32 Å². The van der Waals surface area contributed by atoms with Gasteiger partial charge in [-0.15, -0.1) is 0 Å². The van der Waals surface area contributed by atoms with E-state index in [2.05, 4.69) is 27.7 Å². The first kappa shape index (κ1) is 22.7. The fourth-order valence-corrected chi connectivity index (χ4v) is 13.4. The van der Waals surface area contributed by atoms with Gasteiger partial charge in [0.2, 0.25) is 0 Å². The zero-order valence-corrected chi connectivity index (χ0v) is 16.9. The van der Waals surface area contributed by atoms with Crippen molar-refractivity contribution in [2.24, 2.45) is 0 Å². The lowest BCUT2D eigenvalue weighted by Crippen LogP contribution is -2.21. The molecule has 0 aromatic carbocycles. The van der Waals surface area contributed by atoms with E-state index >= 15 is 0 Å². The summed E-state index contributed by atoms with van der Waals surface area (Å²) in [5.74, 6) is 2.43. The zero-order chi connectivity index (χ0) is 16.8. The third kappa shape index (κ3) is 9.13. The van der Waals surface area contributed by atoms with Crippen LogP contribution < -0.4 is 0 Å². The molecule has 0 spiro atoms. The van der Waals surface area contributed by atoms with E-state index in [9.17, 15) is 10.0 Å². The normalized spacial score (nSPS) is 12.1. The summed E-state index contributed by atoms with van der Waals surface area (Å²) in [5, 5.41) is 19.1. The second-order valence-corrected chi connectivity index (χ2v) is 14.0. The van der Waals surface area contributed by atoms with E-state index in [1.165, 1.54) is 37.2 Å². The van der Waals surface area contributed by atoms with E-state index < -0.39 is 13.6 Å². The zero-order valence-electron chi connectivity index (χ0n) is 15.2. The van der Waals surface area contributed by atoms with Crippen molar-refractivity contribution in [1.29, 1.82) is 0 Å². The van der Waals surface area contributed by atoms with Crippen LogP contribution in [0.15, 0.2) is 0 Å². The molecule has 0 aliphatic rings. The van der Waals surface area contributed by atoms with Crippen LogP contribution in [0.4, 0.5) is 0 Å². The molecule has 0 saturated heterocycles. The lowest BCUT2D eigenvalue weighted by molar-refractivity contribution is 0.299. The van der Waals surface area contributed by atoms with Gasteiger partial charge in [-0.1, -0.05) is 53.4 Å². The van der Waals surface area contributed by atoms with Crippen LogP contribution in [-0.2, 0) is 14.5 Å². The predicted molar refractivity (Wildman–Crippen MR) is 105 cm³/mol. The maximum absolute atomic E-state index is 9.55. The molecule has 3 nitrogen and oxygen atoms in total. The summed E-state index contributed by atoms with van der Waals surface area (Å²) >= 11 is 0. The summed E-state index contributed by atoms with van der Waals surface area (Å²) < 4.78 is 5.93. The summed E-state index contributed by atoms with van der Waals surface area (Å²) in [6.07, 6.45) is 9.88. The molecule has 0 aliphatic heterocycles. The number of rotatable bonds is 14. The molecule has 0 unspecified atom stereocenters. The monoisotopic (exact) mass is 352 g/mol. The molecule has 0 heterocycles. The first-order chi connectivity index (χ1) is 10.6. The molecule has 0 amide bonds. The Morgan fingerprint density at radius 3 is 1.50 bits per heavy atom. The van der Waals surface area contributed by atoms with E-state index in [1.54, 1.807) is 0 Å². The Kier molecular flexibility index (Phi) is 14.6. The topological polar surface area (TPSA) is 49.7 Å². The number of hydrogen-bond donors (Lipinski definition) is 2. The van der Waals surface area contributed by atoms with Crippen molar-refractivity contribution in [3.8, 4) is 0 Å². The Bertz CT molecular complexity index is 303. The van der Waals surface area contributed by atoms with E-state index in [0.29, 0.717) is 0 Å². The molecule has 0 radical (unpaired) electrons. The molecule has 0 aromatic rings. The van der Waals surface area contributed by atoms with E-state index in [-0.39, 0.29) is 10.1 Å². The minimum atomic E-state index is -1.73. The lowest BCUT2D eigenvalue weighted by Gasteiger charge is -2.32. The van der Waals surface area contributed by atoms with E-state index in [1.807, 2.05) is 0 Å². The van der Waals surface area contributed by atoms with Crippen molar-refractivity contribution in [2.75, 3.05) is 23.8 Å². The van der Waals surface area contributed by atoms with Crippen LogP contribution in [0.25, 0.3) is 0 Å². The highest BCUT2D eigenvalue weighted by atomic mass is 32.5. The standard InChI is InChI=1S/C16H38BO3PS/c1-5-9-13-21(14-10-6-2,20-17(18)19)22(15-11-7-3)16-12-8-4/h18-19H,5-16H2,1-4H3. The highest BCUT2D eigenvalue weighted by molar-refractivity contribution is 8.31. The average Bonchev–Trinajstić information content (AvgIpc) is 2.50. The largest absolute Gasteiger partial charge is 0.637 e. The van der Waals surface area contributed by atoms with Gasteiger partial charge in [-0.2, -0.15) is 10.1 Å². The first-order valence-corrected chi connectivity index (χ1v) is 13.4. The van der Waals surface area contributed by atoms with Gasteiger partial charge in [0.25, 0.3) is 0 Å². The molecule has 0 bridgehead atoms. The second kappa shape index (κ2) is 14.1. The molecule has 0 fully saturated rings. The van der Waals surface area contributed by atoms with Gasteiger partial charge in [0.1, 0.15) is 0 Å². The fraction of sp³-hybridized carbons (Fsp3) is 1.00. The SMILES string of the molecule is CCCCS(CCCC)=P(CCCC)(CCCC)OB(O)O. The summed E-state index contributed by atoms with van der Waals surface area (Å²) in [5.41, 5.74) is 0. The number of hydrogen-bond acceptors (Lipinski definition) is 3. The van der Waals surface area contributed by atoms with Crippen LogP contribution in [0, 0.1) is 0 Å². The summed E-state index contributed by atoms with van der Waals surface area (Å²) in [4.78, 5) is 0. The van der Waals surface area contributed by atoms with Crippen LogP contribution in [0.1, 0.15) is 79.1 Å². The van der Waals surface area contributed by atoms with Crippen LogP contribution in [-0.4, -0.2) is 41.2 Å². The molecular formula is C16H38BO3PS. The lowest BCUT2D eigenvalue weighted by atomic mass is 10.3. The van der Waals surface area contributed by atoms with Gasteiger partial charge in [-0.3, -0.25) is 0 Å². The third-order valence-electron chi connectivity index (χ3n) is 3.93. The van der Waals surface area contributed by atoms with Gasteiger partial charge in [0.15, 0.2) is 0 Å². The highest BCUT2D eigenvalue weighted by Gasteiger charge is 2.27. The van der Waals surface area contributed by atoms with Crippen molar-refractivity contribution in [3.05, 3.63) is 0 Å². The molecule has 0 atom stereocenters. The van der Waals surface area contributed by atoms with Crippen molar-refractivity contribution >= 4 is 23.7 Å². The van der Waals surface area contributed by atoms with Crippen molar-refractivity contribution in [3.63, 3.8) is 0 Å². The van der Waals surface area contributed by atoms with Crippen molar-refractivity contribution < 1.29 is 14.5 Å². The Morgan fingerprint density at radius 2 is 1.18 bits per heavy atom. The molecule has 0 rings (SSSR count). The Morgan fingerprint density at radius 1 is 0.773 bits per heavy atom. The van der Waals surface area contributed by atoms with Crippen molar-refractivity contribution in [2.45, 2.75) is 79.1 Å².